The van der Waals surface area contributed by atoms with Crippen LogP contribution in [0.2, 0.25) is 0 Å². The first-order valence-corrected chi connectivity index (χ1v) is 10.2. The minimum absolute atomic E-state index is 0.0987. The molecule has 0 bridgehead atoms. The van der Waals surface area contributed by atoms with Crippen molar-refractivity contribution in [2.24, 2.45) is 11.3 Å². The van der Waals surface area contributed by atoms with E-state index in [1.165, 1.54) is 10.5 Å². The van der Waals surface area contributed by atoms with Crippen molar-refractivity contribution in [3.05, 3.63) is 71.8 Å². The molecule has 2 amide bonds. The molecule has 5 rings (SSSR count). The summed E-state index contributed by atoms with van der Waals surface area (Å²) in [7, 11) is 0. The van der Waals surface area contributed by atoms with Crippen LogP contribution in [0.4, 0.5) is 4.79 Å². The minimum atomic E-state index is -0.521. The number of hydrogen-bond donors (Lipinski definition) is 1. The van der Waals surface area contributed by atoms with E-state index in [2.05, 4.69) is 22.3 Å². The van der Waals surface area contributed by atoms with Gasteiger partial charge in [0.15, 0.2) is 0 Å². The van der Waals surface area contributed by atoms with Crippen molar-refractivity contribution in [3.8, 4) is 0 Å². The van der Waals surface area contributed by atoms with Gasteiger partial charge in [0.25, 0.3) is 0 Å². The van der Waals surface area contributed by atoms with Crippen molar-refractivity contribution in [2.45, 2.75) is 12.6 Å². The Bertz CT molecular complexity index is 898. The molecular weight excluding hydrogens is 366 g/mol. The van der Waals surface area contributed by atoms with Gasteiger partial charge in [-0.1, -0.05) is 60.7 Å². The van der Waals surface area contributed by atoms with E-state index in [0.29, 0.717) is 6.54 Å². The maximum atomic E-state index is 13.6. The van der Waals surface area contributed by atoms with E-state index in [9.17, 15) is 9.59 Å². The van der Waals surface area contributed by atoms with Gasteiger partial charge in [-0.15, -0.1) is 0 Å². The number of nitrogens with zero attached hydrogens (tertiary/aromatic N) is 2. The van der Waals surface area contributed by atoms with Crippen LogP contribution in [0, 0.1) is 11.3 Å². The molecule has 0 radical (unpaired) electrons. The zero-order valence-electron chi connectivity index (χ0n) is 16.3. The molecule has 3 aliphatic rings. The van der Waals surface area contributed by atoms with Crippen molar-refractivity contribution in [2.75, 3.05) is 32.8 Å². The summed E-state index contributed by atoms with van der Waals surface area (Å²) < 4.78 is 5.29. The molecule has 0 aromatic heterocycles. The Kier molecular flexibility index (Phi) is 4.60. The van der Waals surface area contributed by atoms with Crippen LogP contribution < -0.4 is 5.32 Å². The predicted octanol–water partition coefficient (Wildman–Crippen LogP) is 2.43. The van der Waals surface area contributed by atoms with E-state index in [4.69, 9.17) is 4.74 Å². The van der Waals surface area contributed by atoms with Crippen molar-refractivity contribution in [1.82, 2.24) is 15.1 Å². The average molecular weight is 391 g/mol. The first-order valence-electron chi connectivity index (χ1n) is 10.2. The van der Waals surface area contributed by atoms with Crippen LogP contribution >= 0.6 is 0 Å². The number of carbonyl (C=O) groups is 2. The quantitative estimate of drug-likeness (QED) is 0.867. The maximum absolute atomic E-state index is 13.6. The molecule has 2 atom stereocenters. The Morgan fingerprint density at radius 2 is 1.76 bits per heavy atom. The molecule has 0 unspecified atom stereocenters. The van der Waals surface area contributed by atoms with Gasteiger partial charge in [-0.25, -0.2) is 9.69 Å². The molecule has 3 heterocycles. The number of rotatable bonds is 4. The molecule has 29 heavy (non-hydrogen) atoms. The zero-order valence-corrected chi connectivity index (χ0v) is 16.3. The van der Waals surface area contributed by atoms with Gasteiger partial charge in [0.2, 0.25) is 5.91 Å². The van der Waals surface area contributed by atoms with Crippen LogP contribution in [0.15, 0.2) is 60.7 Å². The van der Waals surface area contributed by atoms with Gasteiger partial charge >= 0.3 is 6.09 Å². The largest absolute Gasteiger partial charge is 0.446 e. The van der Waals surface area contributed by atoms with Crippen LogP contribution in [0.3, 0.4) is 0 Å². The summed E-state index contributed by atoms with van der Waals surface area (Å²) in [5.41, 5.74) is 2.08. The highest BCUT2D eigenvalue weighted by atomic mass is 16.6. The fraction of sp³-hybridized carbons (Fsp3) is 0.391. The second kappa shape index (κ2) is 7.28. The highest BCUT2D eigenvalue weighted by molar-refractivity contribution is 5.95. The third-order valence-corrected chi connectivity index (χ3v) is 6.51. The SMILES string of the molecule is O=C1OC[C@@H](c2ccccc2)N1C(=O)[C@@H]1CN(Cc2ccccc2)CC12CNC2. The summed E-state index contributed by atoms with van der Waals surface area (Å²) in [6.45, 7) is 4.20. The van der Waals surface area contributed by atoms with Gasteiger partial charge in [-0.3, -0.25) is 9.69 Å². The Hall–Kier alpha value is -2.70. The van der Waals surface area contributed by atoms with Gasteiger partial charge in [-0.2, -0.15) is 0 Å². The summed E-state index contributed by atoms with van der Waals surface area (Å²) in [5.74, 6) is -0.303. The standard InChI is InChI=1S/C23H25N3O3/c27-21(26-20(13-29-22(26)28)18-9-5-2-6-10-18)19-12-25(16-23(19)14-24-15-23)11-17-7-3-1-4-8-17/h1-10,19-20,24H,11-16H2/t19-,20-/m0/s1. The number of carbonyl (C=O) groups excluding carboxylic acids is 2. The van der Waals surface area contributed by atoms with Crippen LogP contribution in [-0.4, -0.2) is 54.6 Å². The van der Waals surface area contributed by atoms with Gasteiger partial charge in [-0.05, 0) is 11.1 Å². The summed E-state index contributed by atoms with van der Waals surface area (Å²) in [4.78, 5) is 29.8. The Labute approximate surface area is 170 Å². The van der Waals surface area contributed by atoms with E-state index < -0.39 is 6.09 Å². The lowest BCUT2D eigenvalue weighted by Gasteiger charge is -2.43. The number of nitrogens with one attached hydrogen (secondary N) is 1. The number of likely N-dealkylation sites (tertiary alicyclic amines) is 1. The Balaban J connectivity index is 1.38. The lowest BCUT2D eigenvalue weighted by Crippen LogP contribution is -2.61. The summed E-state index contributed by atoms with van der Waals surface area (Å²) in [6, 6.07) is 19.7. The van der Waals surface area contributed by atoms with E-state index >= 15 is 0 Å². The number of imide groups is 1. The Morgan fingerprint density at radius 1 is 1.07 bits per heavy atom. The van der Waals surface area contributed by atoms with Gasteiger partial charge in [0, 0.05) is 38.1 Å². The van der Waals surface area contributed by atoms with Gasteiger partial charge < -0.3 is 10.1 Å². The molecule has 2 aromatic carbocycles. The van der Waals surface area contributed by atoms with Crippen LogP contribution in [0.1, 0.15) is 17.2 Å². The molecular formula is C23H25N3O3. The average Bonchev–Trinajstić information content (AvgIpc) is 3.30. The molecule has 1 spiro atoms. The number of ether oxygens (including phenoxy) is 1. The second-order valence-corrected chi connectivity index (χ2v) is 8.39. The van der Waals surface area contributed by atoms with Gasteiger partial charge in [0.05, 0.1) is 5.92 Å². The van der Waals surface area contributed by atoms with Crippen LogP contribution in [0.25, 0.3) is 0 Å². The summed E-state index contributed by atoms with van der Waals surface area (Å²) >= 11 is 0. The zero-order chi connectivity index (χ0) is 19.8. The topological polar surface area (TPSA) is 61.9 Å². The highest BCUT2D eigenvalue weighted by Crippen LogP contribution is 2.43. The first kappa shape index (κ1) is 18.3. The molecule has 1 N–H and O–H groups in total. The second-order valence-electron chi connectivity index (χ2n) is 8.39. The van der Waals surface area contributed by atoms with E-state index in [0.717, 1.165) is 31.7 Å². The smallest absolute Gasteiger partial charge is 0.417 e. The lowest BCUT2D eigenvalue weighted by atomic mass is 9.72. The molecule has 0 saturated carbocycles. The minimum Gasteiger partial charge on any atom is -0.446 e. The van der Waals surface area contributed by atoms with Crippen molar-refractivity contribution in [1.29, 1.82) is 0 Å². The number of cyclic esters (lactones) is 1. The molecule has 3 fully saturated rings. The molecule has 3 aliphatic heterocycles. The predicted molar refractivity (Wildman–Crippen MR) is 108 cm³/mol. The molecule has 0 aliphatic carbocycles. The van der Waals surface area contributed by atoms with E-state index in [1.807, 2.05) is 48.5 Å². The van der Waals surface area contributed by atoms with Crippen LogP contribution in [0.5, 0.6) is 0 Å². The lowest BCUT2D eigenvalue weighted by molar-refractivity contribution is -0.137. The molecule has 6 nitrogen and oxygen atoms in total. The van der Waals surface area contributed by atoms with Crippen molar-refractivity contribution >= 4 is 12.0 Å². The fourth-order valence-electron chi connectivity index (χ4n) is 4.93. The molecule has 150 valence electrons. The van der Waals surface area contributed by atoms with Crippen LogP contribution in [-0.2, 0) is 16.1 Å². The summed E-state index contributed by atoms with van der Waals surface area (Å²) in [5, 5.41) is 3.34. The first-order chi connectivity index (χ1) is 14.2. The van der Waals surface area contributed by atoms with E-state index in [1.54, 1.807) is 0 Å². The molecule has 3 saturated heterocycles. The fourth-order valence-corrected chi connectivity index (χ4v) is 4.93. The third kappa shape index (κ3) is 3.22. The Morgan fingerprint density at radius 3 is 2.41 bits per heavy atom. The normalized spacial score (nSPS) is 25.8. The van der Waals surface area contributed by atoms with Crippen molar-refractivity contribution < 1.29 is 14.3 Å². The van der Waals surface area contributed by atoms with Gasteiger partial charge in [0.1, 0.15) is 12.6 Å². The third-order valence-electron chi connectivity index (χ3n) is 6.51. The summed E-state index contributed by atoms with van der Waals surface area (Å²) in [6.07, 6.45) is -0.521. The van der Waals surface area contributed by atoms with E-state index in [-0.39, 0.29) is 29.9 Å². The number of benzene rings is 2. The highest BCUT2D eigenvalue weighted by Gasteiger charge is 2.56. The maximum Gasteiger partial charge on any atom is 0.417 e. The number of hydrogen-bond acceptors (Lipinski definition) is 5. The van der Waals surface area contributed by atoms with Crippen molar-refractivity contribution in [3.63, 3.8) is 0 Å². The molecule has 6 heteroatoms. The number of amides is 2. The molecule has 2 aromatic rings. The monoisotopic (exact) mass is 391 g/mol.